The molecule has 2 aromatic rings. The molecule has 1 aromatic carbocycles. The van der Waals surface area contributed by atoms with E-state index < -0.39 is 0 Å². The molecule has 1 aliphatic heterocycles. The zero-order valence-corrected chi connectivity index (χ0v) is 14.2. The van der Waals surface area contributed by atoms with Crippen LogP contribution in [0.2, 0.25) is 0 Å². The maximum atomic E-state index is 13.0. The lowest BCUT2D eigenvalue weighted by atomic mass is 9.95. The number of amides is 1. The van der Waals surface area contributed by atoms with Gasteiger partial charge in [0.25, 0.3) is 0 Å². The van der Waals surface area contributed by atoms with E-state index in [-0.39, 0.29) is 11.7 Å². The van der Waals surface area contributed by atoms with Gasteiger partial charge in [0.05, 0.1) is 24.5 Å². The first-order valence-electron chi connectivity index (χ1n) is 8.69. The van der Waals surface area contributed by atoms with Crippen LogP contribution in [-0.2, 0) is 17.6 Å². The Labute approximate surface area is 147 Å². The first kappa shape index (κ1) is 17.3. The molecule has 1 atom stereocenters. The van der Waals surface area contributed by atoms with E-state index in [4.69, 9.17) is 5.73 Å². The molecule has 5 nitrogen and oxygen atoms in total. The van der Waals surface area contributed by atoms with Crippen LogP contribution >= 0.6 is 0 Å². The molecule has 0 saturated carbocycles. The molecule has 0 spiro atoms. The van der Waals surface area contributed by atoms with E-state index in [1.165, 1.54) is 12.1 Å². The highest BCUT2D eigenvalue weighted by molar-refractivity contribution is 5.78. The van der Waals surface area contributed by atoms with Crippen molar-refractivity contribution in [2.24, 2.45) is 5.92 Å². The Balaban J connectivity index is 1.52. The molecule has 1 fully saturated rings. The molecule has 0 bridgehead atoms. The summed E-state index contributed by atoms with van der Waals surface area (Å²) in [5, 5.41) is 0. The predicted octanol–water partition coefficient (Wildman–Crippen LogP) is 2.61. The molecule has 2 heterocycles. The van der Waals surface area contributed by atoms with Gasteiger partial charge in [0, 0.05) is 13.1 Å². The minimum absolute atomic E-state index is 0.111. The van der Waals surface area contributed by atoms with E-state index in [0.29, 0.717) is 18.2 Å². The summed E-state index contributed by atoms with van der Waals surface area (Å²) >= 11 is 0. The third-order valence-electron chi connectivity index (χ3n) is 4.69. The fraction of sp³-hybridized carbons (Fsp3) is 0.421. The number of hydrogen-bond acceptors (Lipinski definition) is 4. The number of nitrogens with zero attached hydrogens (tertiary/aromatic N) is 3. The first-order chi connectivity index (χ1) is 12.1. The normalized spacial score (nSPS) is 18.0. The van der Waals surface area contributed by atoms with E-state index in [0.717, 1.165) is 50.0 Å². The molecule has 0 unspecified atom stereocenters. The Kier molecular flexibility index (Phi) is 5.58. The van der Waals surface area contributed by atoms with Crippen molar-refractivity contribution in [3.8, 4) is 0 Å². The highest BCUT2D eigenvalue weighted by atomic mass is 19.1. The monoisotopic (exact) mass is 342 g/mol. The Morgan fingerprint density at radius 1 is 1.16 bits per heavy atom. The van der Waals surface area contributed by atoms with Crippen molar-refractivity contribution in [2.45, 2.75) is 32.1 Å². The SMILES string of the molecule is Nc1cnc(C[C@@H]2CCCN(C(=O)Cc3ccc(F)cc3)CC2)cn1. The van der Waals surface area contributed by atoms with E-state index in [1.807, 2.05) is 4.90 Å². The van der Waals surface area contributed by atoms with Crippen LogP contribution < -0.4 is 5.73 Å². The van der Waals surface area contributed by atoms with Gasteiger partial charge < -0.3 is 10.6 Å². The van der Waals surface area contributed by atoms with Crippen molar-refractivity contribution in [1.82, 2.24) is 14.9 Å². The second-order valence-corrected chi connectivity index (χ2v) is 6.62. The smallest absolute Gasteiger partial charge is 0.226 e. The van der Waals surface area contributed by atoms with E-state index in [1.54, 1.807) is 24.5 Å². The zero-order chi connectivity index (χ0) is 17.6. The summed E-state index contributed by atoms with van der Waals surface area (Å²) < 4.78 is 13.0. The molecule has 1 aliphatic rings. The van der Waals surface area contributed by atoms with Crippen LogP contribution in [0.15, 0.2) is 36.7 Å². The molecule has 1 aromatic heterocycles. The summed E-state index contributed by atoms with van der Waals surface area (Å²) in [5.41, 5.74) is 7.37. The van der Waals surface area contributed by atoms with E-state index >= 15 is 0 Å². The molecule has 1 amide bonds. The number of halogens is 1. The molecule has 2 N–H and O–H groups in total. The minimum Gasteiger partial charge on any atom is -0.382 e. The third kappa shape index (κ3) is 4.98. The van der Waals surface area contributed by atoms with Crippen molar-refractivity contribution in [3.63, 3.8) is 0 Å². The molecular formula is C19H23FN4O. The van der Waals surface area contributed by atoms with Gasteiger partial charge in [-0.05, 0) is 49.3 Å². The Morgan fingerprint density at radius 2 is 1.96 bits per heavy atom. The number of aromatic nitrogens is 2. The van der Waals surface area contributed by atoms with Crippen LogP contribution in [0.1, 0.15) is 30.5 Å². The number of benzene rings is 1. The number of likely N-dealkylation sites (tertiary alicyclic amines) is 1. The maximum Gasteiger partial charge on any atom is 0.226 e. The highest BCUT2D eigenvalue weighted by Gasteiger charge is 2.21. The molecule has 6 heteroatoms. The van der Waals surface area contributed by atoms with Gasteiger partial charge in [-0.2, -0.15) is 0 Å². The minimum atomic E-state index is -0.278. The van der Waals surface area contributed by atoms with Gasteiger partial charge in [-0.1, -0.05) is 12.1 Å². The first-order valence-corrected chi connectivity index (χ1v) is 8.69. The molecule has 0 aliphatic carbocycles. The van der Waals surface area contributed by atoms with Crippen LogP contribution in [0.25, 0.3) is 0 Å². The van der Waals surface area contributed by atoms with Gasteiger partial charge in [-0.3, -0.25) is 9.78 Å². The van der Waals surface area contributed by atoms with Crippen LogP contribution in [0.3, 0.4) is 0 Å². The Morgan fingerprint density at radius 3 is 2.68 bits per heavy atom. The maximum absolute atomic E-state index is 13.0. The van der Waals surface area contributed by atoms with Gasteiger partial charge in [0.15, 0.2) is 0 Å². The lowest BCUT2D eigenvalue weighted by Gasteiger charge is -2.20. The molecule has 3 rings (SSSR count). The van der Waals surface area contributed by atoms with Gasteiger partial charge in [0.2, 0.25) is 5.91 Å². The summed E-state index contributed by atoms with van der Waals surface area (Å²) in [6.07, 6.45) is 7.54. The van der Waals surface area contributed by atoms with Crippen LogP contribution in [-0.4, -0.2) is 33.9 Å². The fourth-order valence-corrected chi connectivity index (χ4v) is 3.27. The predicted molar refractivity (Wildman–Crippen MR) is 94.2 cm³/mol. The van der Waals surface area contributed by atoms with Crippen molar-refractivity contribution < 1.29 is 9.18 Å². The molecule has 25 heavy (non-hydrogen) atoms. The zero-order valence-electron chi connectivity index (χ0n) is 14.2. The largest absolute Gasteiger partial charge is 0.382 e. The van der Waals surface area contributed by atoms with Crippen molar-refractivity contribution in [2.75, 3.05) is 18.8 Å². The van der Waals surface area contributed by atoms with Crippen molar-refractivity contribution in [1.29, 1.82) is 0 Å². The highest BCUT2D eigenvalue weighted by Crippen LogP contribution is 2.21. The van der Waals surface area contributed by atoms with E-state index in [9.17, 15) is 9.18 Å². The van der Waals surface area contributed by atoms with Crippen LogP contribution in [0.4, 0.5) is 10.2 Å². The standard InChI is InChI=1S/C19H23FN4O/c20-16-5-3-15(4-6-16)11-19(25)24-8-1-2-14(7-9-24)10-17-12-23-18(21)13-22-17/h3-6,12-14H,1-2,7-11H2,(H2,21,23)/t14-/m1/s1. The summed E-state index contributed by atoms with van der Waals surface area (Å²) in [5.74, 6) is 0.767. The number of rotatable bonds is 4. The quantitative estimate of drug-likeness (QED) is 0.927. The Hall–Kier alpha value is -2.50. The topological polar surface area (TPSA) is 72.1 Å². The fourth-order valence-electron chi connectivity index (χ4n) is 3.27. The van der Waals surface area contributed by atoms with Crippen molar-refractivity contribution in [3.05, 3.63) is 53.7 Å². The van der Waals surface area contributed by atoms with Crippen LogP contribution in [0.5, 0.6) is 0 Å². The lowest BCUT2D eigenvalue weighted by Crippen LogP contribution is -2.33. The number of nitrogen functional groups attached to an aromatic ring is 1. The number of carbonyl (C=O) groups is 1. The van der Waals surface area contributed by atoms with Crippen molar-refractivity contribution >= 4 is 11.7 Å². The number of nitrogens with two attached hydrogens (primary N) is 1. The summed E-state index contributed by atoms with van der Waals surface area (Å²) in [4.78, 5) is 22.8. The average Bonchev–Trinajstić information content (AvgIpc) is 2.85. The Bertz CT molecular complexity index is 702. The average molecular weight is 342 g/mol. The summed E-state index contributed by atoms with van der Waals surface area (Å²) in [6, 6.07) is 6.14. The third-order valence-corrected chi connectivity index (χ3v) is 4.69. The van der Waals surface area contributed by atoms with Gasteiger partial charge in [-0.25, -0.2) is 9.37 Å². The van der Waals surface area contributed by atoms with Crippen LogP contribution in [0, 0.1) is 11.7 Å². The van der Waals surface area contributed by atoms with Gasteiger partial charge in [0.1, 0.15) is 11.6 Å². The number of hydrogen-bond donors (Lipinski definition) is 1. The second-order valence-electron chi connectivity index (χ2n) is 6.62. The second kappa shape index (κ2) is 8.05. The molecular weight excluding hydrogens is 319 g/mol. The lowest BCUT2D eigenvalue weighted by molar-refractivity contribution is -0.130. The molecule has 132 valence electrons. The number of carbonyl (C=O) groups excluding carboxylic acids is 1. The molecule has 1 saturated heterocycles. The van der Waals surface area contributed by atoms with Gasteiger partial charge in [-0.15, -0.1) is 0 Å². The van der Waals surface area contributed by atoms with E-state index in [2.05, 4.69) is 9.97 Å². The molecule has 0 radical (unpaired) electrons. The van der Waals surface area contributed by atoms with Gasteiger partial charge >= 0.3 is 0 Å². The summed E-state index contributed by atoms with van der Waals surface area (Å²) in [7, 11) is 0. The number of anilines is 1. The summed E-state index contributed by atoms with van der Waals surface area (Å²) in [6.45, 7) is 1.54.